The number of esters is 2. The van der Waals surface area contributed by atoms with E-state index in [0.29, 0.717) is 0 Å². The summed E-state index contributed by atoms with van der Waals surface area (Å²) in [6.07, 6.45) is -1.32. The molecule has 1 N–H and O–H groups in total. The van der Waals surface area contributed by atoms with E-state index in [2.05, 4.69) is 11.3 Å². The van der Waals surface area contributed by atoms with Gasteiger partial charge in [-0.25, -0.2) is 9.59 Å². The third-order valence-electron chi connectivity index (χ3n) is 2.57. The topological polar surface area (TPSA) is 82.1 Å². The molecule has 0 aliphatic carbocycles. The molecule has 1 unspecified atom stereocenters. The Kier molecular flexibility index (Phi) is 6.58. The second-order valence-corrected chi connectivity index (χ2v) is 4.22. The summed E-state index contributed by atoms with van der Waals surface area (Å²) in [7, 11) is 1.25. The van der Waals surface area contributed by atoms with Crippen LogP contribution in [0.25, 0.3) is 0 Å². The van der Waals surface area contributed by atoms with Crippen LogP contribution in [0.2, 0.25) is 0 Å². The standard InChI is InChI=1S/C15H18O6/c1-10(2)13(16)20-8-9-21-15(18)12-7-5-4-6-11(12)14(17)19-3/h4-7,15,18H,1,8-9H2,2-3H3. The van der Waals surface area contributed by atoms with E-state index in [4.69, 9.17) is 9.47 Å². The van der Waals surface area contributed by atoms with E-state index in [0.717, 1.165) is 0 Å². The summed E-state index contributed by atoms with van der Waals surface area (Å²) >= 11 is 0. The van der Waals surface area contributed by atoms with Crippen LogP contribution in [0.1, 0.15) is 29.1 Å². The van der Waals surface area contributed by atoms with Crippen LogP contribution in [-0.2, 0) is 19.0 Å². The van der Waals surface area contributed by atoms with Gasteiger partial charge in [0.25, 0.3) is 0 Å². The molecule has 1 aromatic carbocycles. The maximum Gasteiger partial charge on any atom is 0.338 e. The zero-order valence-electron chi connectivity index (χ0n) is 12.0. The first kappa shape index (κ1) is 16.9. The second kappa shape index (κ2) is 8.18. The number of benzene rings is 1. The number of ether oxygens (including phenoxy) is 3. The molecule has 0 saturated carbocycles. The van der Waals surface area contributed by atoms with Crippen LogP contribution in [0, 0.1) is 0 Å². The number of hydrogen-bond acceptors (Lipinski definition) is 6. The molecule has 0 aliphatic heterocycles. The third-order valence-corrected chi connectivity index (χ3v) is 2.57. The van der Waals surface area contributed by atoms with Gasteiger partial charge in [-0.05, 0) is 13.0 Å². The van der Waals surface area contributed by atoms with Crippen molar-refractivity contribution in [2.45, 2.75) is 13.2 Å². The number of hydrogen-bond donors (Lipinski definition) is 1. The Morgan fingerprint density at radius 3 is 2.57 bits per heavy atom. The highest BCUT2D eigenvalue weighted by Crippen LogP contribution is 2.19. The molecule has 0 amide bonds. The molecule has 0 fully saturated rings. The van der Waals surface area contributed by atoms with Crippen LogP contribution in [0.15, 0.2) is 36.4 Å². The summed E-state index contributed by atoms with van der Waals surface area (Å²) in [5.41, 5.74) is 0.786. The van der Waals surface area contributed by atoms with Crippen LogP contribution >= 0.6 is 0 Å². The zero-order chi connectivity index (χ0) is 15.8. The smallest absolute Gasteiger partial charge is 0.338 e. The maximum atomic E-state index is 11.6. The molecule has 0 aromatic heterocycles. The van der Waals surface area contributed by atoms with E-state index in [1.54, 1.807) is 18.2 Å². The molecule has 6 nitrogen and oxygen atoms in total. The molecular weight excluding hydrogens is 276 g/mol. The fourth-order valence-corrected chi connectivity index (χ4v) is 1.52. The summed E-state index contributed by atoms with van der Waals surface area (Å²) < 4.78 is 14.6. The fourth-order valence-electron chi connectivity index (χ4n) is 1.52. The van der Waals surface area contributed by atoms with Gasteiger partial charge in [-0.3, -0.25) is 0 Å². The molecule has 0 saturated heterocycles. The van der Waals surface area contributed by atoms with Crippen LogP contribution < -0.4 is 0 Å². The minimum atomic E-state index is -1.32. The first-order valence-electron chi connectivity index (χ1n) is 6.27. The molecular formula is C15H18O6. The summed E-state index contributed by atoms with van der Waals surface area (Å²) in [6, 6.07) is 6.39. The first-order chi connectivity index (χ1) is 9.97. The largest absolute Gasteiger partial charge is 0.465 e. The molecule has 0 heterocycles. The number of carbonyl (C=O) groups is 2. The lowest BCUT2D eigenvalue weighted by Crippen LogP contribution is -2.15. The number of methoxy groups -OCH3 is 1. The minimum absolute atomic E-state index is 0.0182. The Balaban J connectivity index is 2.56. The lowest BCUT2D eigenvalue weighted by atomic mass is 10.1. The predicted molar refractivity (Wildman–Crippen MR) is 74.5 cm³/mol. The van der Waals surface area contributed by atoms with E-state index < -0.39 is 18.2 Å². The van der Waals surface area contributed by atoms with Crippen molar-refractivity contribution < 1.29 is 28.9 Å². The van der Waals surface area contributed by atoms with Gasteiger partial charge < -0.3 is 19.3 Å². The van der Waals surface area contributed by atoms with Gasteiger partial charge in [0.2, 0.25) is 0 Å². The lowest BCUT2D eigenvalue weighted by Gasteiger charge is -2.15. The molecule has 21 heavy (non-hydrogen) atoms. The number of aliphatic hydroxyl groups excluding tert-OH is 1. The highest BCUT2D eigenvalue weighted by atomic mass is 16.6. The second-order valence-electron chi connectivity index (χ2n) is 4.22. The van der Waals surface area contributed by atoms with Gasteiger partial charge in [0, 0.05) is 11.1 Å². The van der Waals surface area contributed by atoms with E-state index in [9.17, 15) is 14.7 Å². The Morgan fingerprint density at radius 1 is 1.29 bits per heavy atom. The molecule has 1 atom stereocenters. The highest BCUT2D eigenvalue weighted by Gasteiger charge is 2.18. The maximum absolute atomic E-state index is 11.6. The summed E-state index contributed by atoms with van der Waals surface area (Å²) in [5, 5.41) is 9.93. The van der Waals surface area contributed by atoms with Crippen LogP contribution in [-0.4, -0.2) is 37.4 Å². The predicted octanol–water partition coefficient (Wildman–Crippen LogP) is 1.60. The van der Waals surface area contributed by atoms with Gasteiger partial charge in [0.1, 0.15) is 6.61 Å². The van der Waals surface area contributed by atoms with Crippen molar-refractivity contribution in [3.05, 3.63) is 47.5 Å². The van der Waals surface area contributed by atoms with Crippen LogP contribution in [0.5, 0.6) is 0 Å². The molecule has 0 aliphatic rings. The zero-order valence-corrected chi connectivity index (χ0v) is 12.0. The summed E-state index contributed by atoms with van der Waals surface area (Å²) in [4.78, 5) is 22.7. The molecule has 0 bridgehead atoms. The van der Waals surface area contributed by atoms with Crippen LogP contribution in [0.4, 0.5) is 0 Å². The lowest BCUT2D eigenvalue weighted by molar-refractivity contribution is -0.147. The Bertz CT molecular complexity index is 523. The molecule has 6 heteroatoms. The molecule has 0 spiro atoms. The molecule has 0 radical (unpaired) electrons. The van der Waals surface area contributed by atoms with Gasteiger partial charge in [-0.1, -0.05) is 24.8 Å². The fraction of sp³-hybridized carbons (Fsp3) is 0.333. The van der Waals surface area contributed by atoms with E-state index in [1.807, 2.05) is 0 Å². The average Bonchev–Trinajstić information content (AvgIpc) is 2.50. The number of carbonyl (C=O) groups excluding carboxylic acids is 2. The first-order valence-corrected chi connectivity index (χ1v) is 6.27. The highest BCUT2D eigenvalue weighted by molar-refractivity contribution is 5.91. The normalized spacial score (nSPS) is 11.6. The van der Waals surface area contributed by atoms with Crippen molar-refractivity contribution in [2.24, 2.45) is 0 Å². The third kappa shape index (κ3) is 5.02. The summed E-state index contributed by atoms with van der Waals surface area (Å²) in [6.45, 7) is 4.93. The Hall–Kier alpha value is -2.18. The molecule has 1 rings (SSSR count). The van der Waals surface area contributed by atoms with Gasteiger partial charge in [0.05, 0.1) is 19.3 Å². The van der Waals surface area contributed by atoms with Gasteiger partial charge >= 0.3 is 11.9 Å². The minimum Gasteiger partial charge on any atom is -0.465 e. The van der Waals surface area contributed by atoms with Gasteiger partial charge in [0.15, 0.2) is 6.29 Å². The van der Waals surface area contributed by atoms with E-state index >= 15 is 0 Å². The van der Waals surface area contributed by atoms with Crippen molar-refractivity contribution in [1.29, 1.82) is 0 Å². The molecule has 1 aromatic rings. The SMILES string of the molecule is C=C(C)C(=O)OCCOC(O)c1ccccc1C(=O)OC. The Labute approximate surface area is 122 Å². The van der Waals surface area contributed by atoms with Crippen molar-refractivity contribution in [3.63, 3.8) is 0 Å². The van der Waals surface area contributed by atoms with Crippen molar-refractivity contribution in [1.82, 2.24) is 0 Å². The van der Waals surface area contributed by atoms with Crippen LogP contribution in [0.3, 0.4) is 0 Å². The van der Waals surface area contributed by atoms with Crippen molar-refractivity contribution in [2.75, 3.05) is 20.3 Å². The van der Waals surface area contributed by atoms with Gasteiger partial charge in [-0.15, -0.1) is 0 Å². The van der Waals surface area contributed by atoms with Crippen molar-refractivity contribution >= 4 is 11.9 Å². The number of rotatable bonds is 7. The summed E-state index contributed by atoms with van der Waals surface area (Å²) in [5.74, 6) is -1.09. The number of aliphatic hydroxyl groups is 1. The average molecular weight is 294 g/mol. The monoisotopic (exact) mass is 294 g/mol. The van der Waals surface area contributed by atoms with Gasteiger partial charge in [-0.2, -0.15) is 0 Å². The molecule has 114 valence electrons. The Morgan fingerprint density at radius 2 is 1.95 bits per heavy atom. The quantitative estimate of drug-likeness (QED) is 0.356. The van der Waals surface area contributed by atoms with Crippen molar-refractivity contribution in [3.8, 4) is 0 Å². The van der Waals surface area contributed by atoms with E-state index in [1.165, 1.54) is 20.1 Å². The van der Waals surface area contributed by atoms with E-state index in [-0.39, 0.29) is 29.9 Å².